The molecule has 1 aliphatic rings. The summed E-state index contributed by atoms with van der Waals surface area (Å²) in [5.74, 6) is 0. The summed E-state index contributed by atoms with van der Waals surface area (Å²) in [6.07, 6.45) is 0. The summed E-state index contributed by atoms with van der Waals surface area (Å²) >= 11 is 0. The smallest absolute Gasteiger partial charge is 0.242 e. The fourth-order valence-corrected chi connectivity index (χ4v) is 3.04. The van der Waals surface area contributed by atoms with Gasteiger partial charge in [-0.2, -0.15) is 0 Å². The molecule has 8 heteroatoms. The number of nitrogens with two attached hydrogens (primary N) is 1. The molecule has 1 fully saturated rings. The van der Waals surface area contributed by atoms with Crippen LogP contribution in [0.2, 0.25) is 0 Å². The lowest BCUT2D eigenvalue weighted by Gasteiger charge is -2.33. The van der Waals surface area contributed by atoms with Crippen LogP contribution in [0.15, 0.2) is 23.1 Å². The average molecular weight is 313 g/mol. The van der Waals surface area contributed by atoms with Gasteiger partial charge >= 0.3 is 0 Å². The number of benzene rings is 1. The molecule has 0 unspecified atom stereocenters. The topological polar surface area (TPSA) is 81.9 Å². The molecular weight excluding hydrogens is 290 g/mol. The molecule has 0 amide bonds. The summed E-state index contributed by atoms with van der Waals surface area (Å²) in [5.41, 5.74) is 10.4. The Balaban J connectivity index is 2.13. The van der Waals surface area contributed by atoms with Crippen LogP contribution in [0.4, 0.5) is 11.4 Å². The number of hydrogen-bond donors (Lipinski definition) is 2. The first-order valence-electron chi connectivity index (χ1n) is 6.83. The number of anilines is 2. The van der Waals surface area contributed by atoms with Crippen molar-refractivity contribution in [3.8, 4) is 0 Å². The Morgan fingerprint density at radius 2 is 1.81 bits per heavy atom. The zero-order valence-electron chi connectivity index (χ0n) is 12.7. The van der Waals surface area contributed by atoms with Crippen molar-refractivity contribution in [1.29, 1.82) is 0 Å². The highest BCUT2D eigenvalue weighted by atomic mass is 32.2. The molecule has 1 aromatic rings. The minimum atomic E-state index is -3.45. The van der Waals surface area contributed by atoms with E-state index in [1.165, 1.54) is 24.5 Å². The van der Waals surface area contributed by atoms with Crippen molar-refractivity contribution in [2.24, 2.45) is 0 Å². The van der Waals surface area contributed by atoms with Crippen molar-refractivity contribution in [2.45, 2.75) is 4.90 Å². The molecule has 0 bridgehead atoms. The predicted molar refractivity (Wildman–Crippen MR) is 84.4 cm³/mol. The first kappa shape index (κ1) is 16.0. The minimum absolute atomic E-state index is 0.203. The van der Waals surface area contributed by atoms with Crippen molar-refractivity contribution < 1.29 is 8.42 Å². The van der Waals surface area contributed by atoms with Crippen molar-refractivity contribution in [2.75, 3.05) is 58.5 Å². The zero-order chi connectivity index (χ0) is 15.6. The highest BCUT2D eigenvalue weighted by Gasteiger charge is 2.19. The summed E-state index contributed by atoms with van der Waals surface area (Å²) in [6.45, 7) is 3.77. The van der Waals surface area contributed by atoms with Gasteiger partial charge in [0.25, 0.3) is 0 Å². The molecule has 21 heavy (non-hydrogen) atoms. The largest absolute Gasteiger partial charge is 0.397 e. The van der Waals surface area contributed by atoms with Gasteiger partial charge in [0.05, 0.1) is 16.3 Å². The van der Waals surface area contributed by atoms with Crippen LogP contribution in [0, 0.1) is 0 Å². The summed E-state index contributed by atoms with van der Waals surface area (Å²) in [7, 11) is 1.64. The van der Waals surface area contributed by atoms with Crippen LogP contribution >= 0.6 is 0 Å². The van der Waals surface area contributed by atoms with Crippen LogP contribution in [0.25, 0.3) is 0 Å². The minimum Gasteiger partial charge on any atom is -0.397 e. The van der Waals surface area contributed by atoms with Gasteiger partial charge in [0.15, 0.2) is 0 Å². The van der Waals surface area contributed by atoms with Gasteiger partial charge in [-0.15, -0.1) is 0 Å². The average Bonchev–Trinajstić information content (AvgIpc) is 2.43. The lowest BCUT2D eigenvalue weighted by molar-refractivity contribution is 0.179. The van der Waals surface area contributed by atoms with E-state index in [2.05, 4.69) is 22.4 Å². The van der Waals surface area contributed by atoms with Gasteiger partial charge < -0.3 is 16.1 Å². The normalized spacial score (nSPS) is 18.1. The van der Waals surface area contributed by atoms with Gasteiger partial charge in [0, 0.05) is 40.3 Å². The molecule has 0 aliphatic carbocycles. The van der Waals surface area contributed by atoms with E-state index in [1.807, 2.05) is 0 Å². The summed E-state index contributed by atoms with van der Waals surface area (Å²) in [5, 5.41) is 2.09. The molecule has 118 valence electrons. The molecule has 1 aromatic carbocycles. The van der Waals surface area contributed by atoms with E-state index >= 15 is 0 Å². The molecule has 0 atom stereocenters. The Kier molecular flexibility index (Phi) is 4.72. The van der Waals surface area contributed by atoms with Crippen molar-refractivity contribution in [3.05, 3.63) is 18.2 Å². The molecule has 0 saturated carbocycles. The number of nitrogens with one attached hydrogen (secondary N) is 1. The van der Waals surface area contributed by atoms with Gasteiger partial charge in [-0.25, -0.2) is 17.7 Å². The number of hydrogen-bond acceptors (Lipinski definition) is 6. The van der Waals surface area contributed by atoms with E-state index in [1.54, 1.807) is 12.1 Å². The fraction of sp³-hybridized carbons (Fsp3) is 0.538. The van der Waals surface area contributed by atoms with Gasteiger partial charge in [-0.3, -0.25) is 0 Å². The van der Waals surface area contributed by atoms with Crippen molar-refractivity contribution in [3.63, 3.8) is 0 Å². The molecule has 1 saturated heterocycles. The third-order valence-corrected chi connectivity index (χ3v) is 5.39. The Morgan fingerprint density at radius 3 is 2.33 bits per heavy atom. The summed E-state index contributed by atoms with van der Waals surface area (Å²) in [6, 6.07) is 4.78. The van der Waals surface area contributed by atoms with E-state index < -0.39 is 10.0 Å². The first-order chi connectivity index (χ1) is 9.80. The molecule has 0 radical (unpaired) electrons. The zero-order valence-corrected chi connectivity index (χ0v) is 13.5. The van der Waals surface area contributed by atoms with Crippen LogP contribution < -0.4 is 11.2 Å². The number of hydrazine groups is 1. The maximum atomic E-state index is 12.1. The second-order valence-electron chi connectivity index (χ2n) is 5.44. The number of nitrogens with zero attached hydrogens (tertiary/aromatic N) is 3. The third kappa shape index (κ3) is 3.65. The predicted octanol–water partition coefficient (Wildman–Crippen LogP) is 0.0934. The van der Waals surface area contributed by atoms with Crippen LogP contribution in [0.3, 0.4) is 0 Å². The lowest BCUT2D eigenvalue weighted by atomic mass is 10.3. The third-order valence-electron chi connectivity index (χ3n) is 3.58. The van der Waals surface area contributed by atoms with Gasteiger partial charge in [-0.05, 0) is 25.2 Å². The second kappa shape index (κ2) is 6.18. The first-order valence-corrected chi connectivity index (χ1v) is 8.27. The Labute approximate surface area is 126 Å². The van der Waals surface area contributed by atoms with E-state index in [9.17, 15) is 8.42 Å². The van der Waals surface area contributed by atoms with Crippen molar-refractivity contribution >= 4 is 21.4 Å². The summed E-state index contributed by atoms with van der Waals surface area (Å²) in [4.78, 5) is 2.46. The molecule has 3 N–H and O–H groups in total. The number of likely N-dealkylation sites (N-methyl/N-ethyl adjacent to an activating group) is 1. The maximum absolute atomic E-state index is 12.1. The van der Waals surface area contributed by atoms with Crippen LogP contribution in [0.5, 0.6) is 0 Å². The van der Waals surface area contributed by atoms with E-state index in [-0.39, 0.29) is 4.90 Å². The standard InChI is InChI=1S/C13H23N5O2S/c1-16(2)21(19,20)11-4-5-13(12(14)10-11)15-18-8-6-17(3)7-9-18/h4-5,10,15H,6-9,14H2,1-3H3. The monoisotopic (exact) mass is 313 g/mol. The number of rotatable bonds is 4. The highest BCUT2D eigenvalue weighted by Crippen LogP contribution is 2.24. The van der Waals surface area contributed by atoms with E-state index in [0.717, 1.165) is 31.9 Å². The Bertz CT molecular complexity index is 595. The van der Waals surface area contributed by atoms with E-state index in [4.69, 9.17) is 5.73 Å². The molecule has 1 aliphatic heterocycles. The molecule has 1 heterocycles. The maximum Gasteiger partial charge on any atom is 0.242 e. The molecule has 0 aromatic heterocycles. The van der Waals surface area contributed by atoms with E-state index in [0.29, 0.717) is 5.69 Å². The second-order valence-corrected chi connectivity index (χ2v) is 7.59. The van der Waals surface area contributed by atoms with Crippen LogP contribution in [-0.2, 0) is 10.0 Å². The molecular formula is C13H23N5O2S. The van der Waals surface area contributed by atoms with Crippen molar-refractivity contribution in [1.82, 2.24) is 14.2 Å². The SMILES string of the molecule is CN1CCN(Nc2ccc(S(=O)(=O)N(C)C)cc2N)CC1. The highest BCUT2D eigenvalue weighted by molar-refractivity contribution is 7.89. The van der Waals surface area contributed by atoms with Crippen LogP contribution in [-0.4, -0.2) is 70.0 Å². The van der Waals surface area contributed by atoms with Gasteiger partial charge in [-0.1, -0.05) is 0 Å². The molecule has 2 rings (SSSR count). The van der Waals surface area contributed by atoms with Crippen LogP contribution in [0.1, 0.15) is 0 Å². The fourth-order valence-electron chi connectivity index (χ4n) is 2.10. The Morgan fingerprint density at radius 1 is 1.19 bits per heavy atom. The van der Waals surface area contributed by atoms with Gasteiger partial charge in [0.2, 0.25) is 10.0 Å². The summed E-state index contributed by atoms with van der Waals surface area (Å²) < 4.78 is 25.3. The quantitative estimate of drug-likeness (QED) is 0.767. The lowest BCUT2D eigenvalue weighted by Crippen LogP contribution is -2.47. The van der Waals surface area contributed by atoms with Gasteiger partial charge in [0.1, 0.15) is 0 Å². The number of nitrogen functional groups attached to an aromatic ring is 1. The Hall–Kier alpha value is -1.35. The number of piperazine rings is 1. The molecule has 7 nitrogen and oxygen atoms in total. The number of sulfonamides is 1. The molecule has 0 spiro atoms.